The Balaban J connectivity index is 1.70. The lowest BCUT2D eigenvalue weighted by molar-refractivity contribution is -0.125. The standard InChI is InChI=1S/C30H26N2O4/c1-36-27-19-11-9-17-25(27)31-30(35)24-16-8-10-18-26(24)32(28(33)20-22-12-4-2-5-13-22)29(34)21-23-14-6-3-7-15-23/h2-19H,20-21H2,1H3,(H,31,35). The fraction of sp³-hybridized carbons (Fsp3) is 0.100. The van der Waals surface area contributed by atoms with Gasteiger partial charge in [-0.05, 0) is 35.4 Å². The number of ether oxygens (including phenoxy) is 1. The number of nitrogens with zero attached hydrogens (tertiary/aromatic N) is 1. The van der Waals surface area contributed by atoms with Gasteiger partial charge in [0.2, 0.25) is 11.8 Å². The van der Waals surface area contributed by atoms with Gasteiger partial charge in [0.05, 0.1) is 36.9 Å². The van der Waals surface area contributed by atoms with Crippen molar-refractivity contribution in [3.63, 3.8) is 0 Å². The van der Waals surface area contributed by atoms with Gasteiger partial charge in [0, 0.05) is 0 Å². The van der Waals surface area contributed by atoms with E-state index in [9.17, 15) is 14.4 Å². The van der Waals surface area contributed by atoms with Crippen molar-refractivity contribution in [2.75, 3.05) is 17.3 Å². The molecule has 0 aliphatic heterocycles. The Morgan fingerprint density at radius 3 is 1.75 bits per heavy atom. The van der Waals surface area contributed by atoms with Crippen molar-refractivity contribution in [2.24, 2.45) is 0 Å². The van der Waals surface area contributed by atoms with E-state index in [0.717, 1.165) is 16.0 Å². The highest BCUT2D eigenvalue weighted by molar-refractivity contribution is 6.20. The molecule has 4 aromatic rings. The van der Waals surface area contributed by atoms with Crippen LogP contribution in [-0.4, -0.2) is 24.8 Å². The number of anilines is 2. The maximum atomic E-state index is 13.5. The van der Waals surface area contributed by atoms with Gasteiger partial charge >= 0.3 is 0 Å². The number of carbonyl (C=O) groups is 3. The number of benzene rings is 4. The zero-order valence-electron chi connectivity index (χ0n) is 19.9. The summed E-state index contributed by atoms with van der Waals surface area (Å²) < 4.78 is 5.34. The van der Waals surface area contributed by atoms with E-state index in [1.165, 1.54) is 7.11 Å². The van der Waals surface area contributed by atoms with Crippen molar-refractivity contribution in [3.8, 4) is 5.75 Å². The number of rotatable bonds is 8. The zero-order chi connectivity index (χ0) is 25.3. The van der Waals surface area contributed by atoms with E-state index < -0.39 is 17.7 Å². The molecule has 0 saturated carbocycles. The molecule has 0 aromatic heterocycles. The number of nitrogens with one attached hydrogen (secondary N) is 1. The van der Waals surface area contributed by atoms with Crippen molar-refractivity contribution in [1.82, 2.24) is 0 Å². The first-order chi connectivity index (χ1) is 17.6. The summed E-state index contributed by atoms with van der Waals surface area (Å²) in [4.78, 5) is 41.5. The first-order valence-electron chi connectivity index (χ1n) is 11.5. The second-order valence-electron chi connectivity index (χ2n) is 8.12. The molecule has 0 saturated heterocycles. The molecule has 0 heterocycles. The molecular weight excluding hydrogens is 452 g/mol. The van der Waals surface area contributed by atoms with Crippen molar-refractivity contribution >= 4 is 29.1 Å². The highest BCUT2D eigenvalue weighted by Crippen LogP contribution is 2.27. The Bertz CT molecular complexity index is 1300. The molecule has 0 spiro atoms. The van der Waals surface area contributed by atoms with Gasteiger partial charge in [-0.25, -0.2) is 4.90 Å². The molecular formula is C30H26N2O4. The molecule has 180 valence electrons. The minimum absolute atomic E-state index is 0.0177. The van der Waals surface area contributed by atoms with E-state index in [4.69, 9.17) is 4.74 Å². The first-order valence-corrected chi connectivity index (χ1v) is 11.5. The topological polar surface area (TPSA) is 75.7 Å². The molecule has 1 N–H and O–H groups in total. The monoisotopic (exact) mass is 478 g/mol. The number of hydrogen-bond acceptors (Lipinski definition) is 4. The number of amides is 3. The molecule has 0 bridgehead atoms. The quantitative estimate of drug-likeness (QED) is 0.373. The first kappa shape index (κ1) is 24.4. The van der Waals surface area contributed by atoms with Gasteiger partial charge in [0.25, 0.3) is 5.91 Å². The van der Waals surface area contributed by atoms with Crippen LogP contribution in [-0.2, 0) is 22.4 Å². The predicted molar refractivity (Wildman–Crippen MR) is 140 cm³/mol. The highest BCUT2D eigenvalue weighted by Gasteiger charge is 2.28. The molecule has 0 aliphatic carbocycles. The van der Waals surface area contributed by atoms with E-state index in [1.807, 2.05) is 60.7 Å². The van der Waals surface area contributed by atoms with Crippen LogP contribution < -0.4 is 15.0 Å². The van der Waals surface area contributed by atoms with Gasteiger partial charge < -0.3 is 10.1 Å². The second-order valence-corrected chi connectivity index (χ2v) is 8.12. The highest BCUT2D eigenvalue weighted by atomic mass is 16.5. The number of carbonyl (C=O) groups excluding carboxylic acids is 3. The number of para-hydroxylation sites is 3. The second kappa shape index (κ2) is 11.6. The van der Waals surface area contributed by atoms with Gasteiger partial charge in [-0.2, -0.15) is 0 Å². The van der Waals surface area contributed by atoms with Gasteiger partial charge in [0.1, 0.15) is 5.75 Å². The van der Waals surface area contributed by atoms with Crippen LogP contribution in [0.25, 0.3) is 0 Å². The average molecular weight is 479 g/mol. The third-order valence-corrected chi connectivity index (χ3v) is 5.64. The summed E-state index contributed by atoms with van der Waals surface area (Å²) in [6.45, 7) is 0. The fourth-order valence-electron chi connectivity index (χ4n) is 3.91. The zero-order valence-corrected chi connectivity index (χ0v) is 19.9. The number of hydrogen-bond donors (Lipinski definition) is 1. The summed E-state index contributed by atoms with van der Waals surface area (Å²) in [5.74, 6) is -0.792. The van der Waals surface area contributed by atoms with E-state index in [0.29, 0.717) is 11.4 Å². The molecule has 36 heavy (non-hydrogen) atoms. The van der Waals surface area contributed by atoms with Gasteiger partial charge in [-0.3, -0.25) is 14.4 Å². The van der Waals surface area contributed by atoms with E-state index in [1.54, 1.807) is 48.5 Å². The largest absolute Gasteiger partial charge is 0.495 e. The van der Waals surface area contributed by atoms with Crippen molar-refractivity contribution in [3.05, 3.63) is 126 Å². The van der Waals surface area contributed by atoms with Crippen molar-refractivity contribution in [2.45, 2.75) is 12.8 Å². The maximum Gasteiger partial charge on any atom is 0.257 e. The van der Waals surface area contributed by atoms with Crippen LogP contribution in [0.15, 0.2) is 109 Å². The van der Waals surface area contributed by atoms with Crippen LogP contribution >= 0.6 is 0 Å². The minimum atomic E-state index is -0.458. The maximum absolute atomic E-state index is 13.5. The smallest absolute Gasteiger partial charge is 0.257 e. The molecule has 0 fully saturated rings. The molecule has 6 heteroatoms. The molecule has 0 aliphatic rings. The Kier molecular flexibility index (Phi) is 7.88. The van der Waals surface area contributed by atoms with Gasteiger partial charge in [0.15, 0.2) is 0 Å². The van der Waals surface area contributed by atoms with Crippen LogP contribution in [0.3, 0.4) is 0 Å². The molecule has 0 unspecified atom stereocenters. The molecule has 4 aromatic carbocycles. The Hall–Kier alpha value is -4.71. The molecule has 3 amide bonds. The number of imide groups is 1. The van der Waals surface area contributed by atoms with Crippen LogP contribution in [0.5, 0.6) is 5.75 Å². The van der Waals surface area contributed by atoms with Gasteiger partial charge in [-0.15, -0.1) is 0 Å². The van der Waals surface area contributed by atoms with E-state index in [-0.39, 0.29) is 24.1 Å². The summed E-state index contributed by atoms with van der Waals surface area (Å²) >= 11 is 0. The summed E-state index contributed by atoms with van der Waals surface area (Å²) in [7, 11) is 1.52. The molecule has 4 rings (SSSR count). The molecule has 6 nitrogen and oxygen atoms in total. The normalized spacial score (nSPS) is 10.4. The molecule has 0 radical (unpaired) electrons. The average Bonchev–Trinajstić information content (AvgIpc) is 2.90. The summed E-state index contributed by atoms with van der Waals surface area (Å²) in [6, 6.07) is 32.1. The SMILES string of the molecule is COc1ccccc1NC(=O)c1ccccc1N(C(=O)Cc1ccccc1)C(=O)Cc1ccccc1. The Labute approximate surface area is 210 Å². The van der Waals surface area contributed by atoms with Crippen LogP contribution in [0.1, 0.15) is 21.5 Å². The third-order valence-electron chi connectivity index (χ3n) is 5.64. The summed E-state index contributed by atoms with van der Waals surface area (Å²) in [6.07, 6.45) is 0.0354. The van der Waals surface area contributed by atoms with E-state index in [2.05, 4.69) is 5.32 Å². The predicted octanol–water partition coefficient (Wildman–Crippen LogP) is 5.29. The van der Waals surface area contributed by atoms with Crippen LogP contribution in [0.4, 0.5) is 11.4 Å². The van der Waals surface area contributed by atoms with Crippen molar-refractivity contribution in [1.29, 1.82) is 0 Å². The number of methoxy groups -OCH3 is 1. The Morgan fingerprint density at radius 2 is 1.17 bits per heavy atom. The lowest BCUT2D eigenvalue weighted by Crippen LogP contribution is -2.40. The minimum Gasteiger partial charge on any atom is -0.495 e. The van der Waals surface area contributed by atoms with E-state index >= 15 is 0 Å². The van der Waals surface area contributed by atoms with Crippen molar-refractivity contribution < 1.29 is 19.1 Å². The fourth-order valence-corrected chi connectivity index (χ4v) is 3.91. The summed E-state index contributed by atoms with van der Waals surface area (Å²) in [5.41, 5.74) is 2.46. The lowest BCUT2D eigenvalue weighted by Gasteiger charge is -2.24. The third kappa shape index (κ3) is 5.85. The Morgan fingerprint density at radius 1 is 0.667 bits per heavy atom. The molecule has 0 atom stereocenters. The van der Waals surface area contributed by atoms with Crippen LogP contribution in [0, 0.1) is 0 Å². The van der Waals surface area contributed by atoms with Gasteiger partial charge in [-0.1, -0.05) is 84.9 Å². The van der Waals surface area contributed by atoms with Crippen LogP contribution in [0.2, 0.25) is 0 Å². The lowest BCUT2D eigenvalue weighted by atomic mass is 10.1. The summed E-state index contributed by atoms with van der Waals surface area (Å²) in [5, 5.41) is 2.84.